The first-order valence-corrected chi connectivity index (χ1v) is 14.3. The van der Waals surface area contributed by atoms with Crippen LogP contribution in [0.1, 0.15) is 60.3 Å². The summed E-state index contributed by atoms with van der Waals surface area (Å²) < 4.78 is 0. The van der Waals surface area contributed by atoms with Gasteiger partial charge in [0.1, 0.15) is 0 Å². The smallest absolute Gasteiger partial charge is 0.303 e. The van der Waals surface area contributed by atoms with Crippen molar-refractivity contribution in [1.29, 1.82) is 0 Å². The molecule has 43 heavy (non-hydrogen) atoms. The second-order valence-corrected chi connectivity index (χ2v) is 11.5. The highest BCUT2D eigenvalue weighted by Crippen LogP contribution is 2.37. The number of H-pyrrole nitrogens is 2. The Bertz CT molecular complexity index is 1830. The first kappa shape index (κ1) is 29.6. The molecule has 2 aromatic rings. The van der Waals surface area contributed by atoms with Crippen molar-refractivity contribution in [2.24, 2.45) is 11.8 Å². The summed E-state index contributed by atoms with van der Waals surface area (Å²) in [7, 11) is 0. The van der Waals surface area contributed by atoms with Crippen molar-refractivity contribution < 1.29 is 24.9 Å². The molecule has 0 radical (unpaired) electrons. The third-order valence-electron chi connectivity index (χ3n) is 8.78. The van der Waals surface area contributed by atoms with Gasteiger partial charge in [0.25, 0.3) is 0 Å². The number of aliphatic carboxylic acids is 2. The van der Waals surface area contributed by atoms with Crippen LogP contribution in [0.15, 0.2) is 65.0 Å². The zero-order valence-electron chi connectivity index (χ0n) is 24.9. The summed E-state index contributed by atoms with van der Waals surface area (Å²) in [6.45, 7) is 15.9. The van der Waals surface area contributed by atoms with E-state index >= 15 is 0 Å². The molecule has 0 aromatic carbocycles. The lowest BCUT2D eigenvalue weighted by molar-refractivity contribution is -0.138. The number of hydrogen-bond donors (Lipinski definition) is 7. The Labute approximate surface area is 250 Å². The first-order chi connectivity index (χ1) is 20.4. The number of carboxylic acid groups (broad SMARTS) is 2. The quantitative estimate of drug-likeness (QED) is 0.183. The normalized spacial score (nSPS) is 22.0. The van der Waals surface area contributed by atoms with E-state index in [9.17, 15) is 24.9 Å². The van der Waals surface area contributed by atoms with Gasteiger partial charge in [-0.25, -0.2) is 0 Å². The Hall–Kier alpha value is -4.92. The van der Waals surface area contributed by atoms with Crippen LogP contribution in [0.25, 0.3) is 18.2 Å². The summed E-state index contributed by atoms with van der Waals surface area (Å²) in [5.41, 5.74) is 10.6. The Morgan fingerprint density at radius 2 is 1.40 bits per heavy atom. The average Bonchev–Trinajstić information content (AvgIpc) is 3.59. The molecule has 0 spiro atoms. The molecule has 2 atom stereocenters. The van der Waals surface area contributed by atoms with Gasteiger partial charge in [-0.1, -0.05) is 12.7 Å². The number of nitrogens with one attached hydrogen (secondary N) is 4. The Morgan fingerprint density at radius 1 is 0.767 bits per heavy atom. The molecule has 0 fully saturated rings. The molecule has 9 nitrogen and oxygen atoms in total. The highest BCUT2D eigenvalue weighted by molar-refractivity contribution is 5.70. The van der Waals surface area contributed by atoms with E-state index in [2.05, 4.69) is 33.8 Å². The topological polar surface area (TPSA) is 150 Å². The Balaban J connectivity index is 1.83. The van der Waals surface area contributed by atoms with Crippen LogP contribution < -0.4 is 21.3 Å². The van der Waals surface area contributed by atoms with Crippen molar-refractivity contribution in [2.75, 3.05) is 0 Å². The van der Waals surface area contributed by atoms with Gasteiger partial charge >= 0.3 is 11.9 Å². The van der Waals surface area contributed by atoms with E-state index in [0.29, 0.717) is 12.8 Å². The number of aliphatic hydroxyl groups excluding tert-OH is 1. The molecule has 5 rings (SSSR count). The summed E-state index contributed by atoms with van der Waals surface area (Å²) in [5.74, 6) is -2.23. The number of aromatic nitrogens is 2. The van der Waals surface area contributed by atoms with Gasteiger partial charge in [0.05, 0.1) is 11.7 Å². The van der Waals surface area contributed by atoms with Gasteiger partial charge in [-0.3, -0.25) is 9.59 Å². The lowest BCUT2D eigenvalue weighted by Crippen LogP contribution is -2.16. The van der Waals surface area contributed by atoms with Crippen LogP contribution >= 0.6 is 0 Å². The molecular weight excluding hydrogens is 544 g/mol. The maximum Gasteiger partial charge on any atom is 0.303 e. The number of hydrogen-bond acceptors (Lipinski definition) is 5. The minimum absolute atomic E-state index is 0.0213. The average molecular weight is 583 g/mol. The third-order valence-corrected chi connectivity index (χ3v) is 8.78. The Morgan fingerprint density at radius 3 is 2.02 bits per heavy atom. The van der Waals surface area contributed by atoms with Crippen molar-refractivity contribution in [3.05, 3.63) is 109 Å². The molecule has 7 N–H and O–H groups in total. The van der Waals surface area contributed by atoms with E-state index in [1.807, 2.05) is 58.1 Å². The fraction of sp³-hybridized carbons (Fsp3) is 0.294. The van der Waals surface area contributed by atoms with Gasteiger partial charge in [-0.15, -0.1) is 6.58 Å². The van der Waals surface area contributed by atoms with Gasteiger partial charge in [0.2, 0.25) is 0 Å². The summed E-state index contributed by atoms with van der Waals surface area (Å²) >= 11 is 0. The van der Waals surface area contributed by atoms with E-state index < -0.39 is 17.9 Å². The fourth-order valence-corrected chi connectivity index (χ4v) is 6.33. The van der Waals surface area contributed by atoms with Crippen LogP contribution in [0.5, 0.6) is 0 Å². The van der Waals surface area contributed by atoms with Crippen LogP contribution in [0, 0.1) is 25.7 Å². The predicted molar refractivity (Wildman–Crippen MR) is 167 cm³/mol. The van der Waals surface area contributed by atoms with Crippen molar-refractivity contribution in [1.82, 2.24) is 20.6 Å². The molecular formula is C34H38N4O5. The monoisotopic (exact) mass is 582 g/mol. The number of carboxylic acids is 2. The fourth-order valence-electron chi connectivity index (χ4n) is 6.33. The van der Waals surface area contributed by atoms with Crippen LogP contribution in [0.4, 0.5) is 0 Å². The van der Waals surface area contributed by atoms with E-state index in [4.69, 9.17) is 0 Å². The number of aromatic amines is 2. The van der Waals surface area contributed by atoms with E-state index in [1.54, 1.807) is 0 Å². The van der Waals surface area contributed by atoms with Gasteiger partial charge in [-0.2, -0.15) is 0 Å². The second kappa shape index (κ2) is 11.4. The molecule has 0 saturated carbocycles. The number of rotatable bonds is 8. The van der Waals surface area contributed by atoms with Crippen molar-refractivity contribution in [2.45, 2.75) is 53.4 Å². The highest BCUT2D eigenvalue weighted by atomic mass is 16.4. The molecule has 3 aliphatic rings. The summed E-state index contributed by atoms with van der Waals surface area (Å²) in [4.78, 5) is 30.1. The number of fused-ring (bicyclic) bond motifs is 8. The molecule has 0 amide bonds. The van der Waals surface area contributed by atoms with Crippen LogP contribution in [-0.4, -0.2) is 37.2 Å². The lowest BCUT2D eigenvalue weighted by atomic mass is 9.95. The van der Waals surface area contributed by atoms with Gasteiger partial charge in [0.15, 0.2) is 0 Å². The number of allylic oxidation sites excluding steroid dienone is 3. The molecule has 2 unspecified atom stereocenters. The first-order valence-electron chi connectivity index (χ1n) is 14.3. The molecule has 8 bridgehead atoms. The molecule has 5 heterocycles. The van der Waals surface area contributed by atoms with Crippen LogP contribution in [0.3, 0.4) is 0 Å². The summed E-state index contributed by atoms with van der Waals surface area (Å²) in [6.07, 6.45) is 10.5. The SMILES string of the molecule is C=CC1C2=Cc3[nH]c(c(CCC(=O)O)c3C)/C=c3\[nH]/c(c(C)c3CCC(=O)O)=C\C3=C(C)C(C(=C)O)/C(=C/C(=C1C)N2)N3. The van der Waals surface area contributed by atoms with E-state index in [1.165, 1.54) is 0 Å². The molecule has 2 aromatic heterocycles. The number of aliphatic hydroxyl groups is 1. The van der Waals surface area contributed by atoms with Gasteiger partial charge in [0, 0.05) is 63.6 Å². The maximum absolute atomic E-state index is 11.5. The lowest BCUT2D eigenvalue weighted by Gasteiger charge is -2.13. The zero-order chi connectivity index (χ0) is 31.2. The van der Waals surface area contributed by atoms with E-state index in [0.717, 1.165) is 78.3 Å². The molecule has 0 aliphatic carbocycles. The largest absolute Gasteiger partial charge is 0.512 e. The van der Waals surface area contributed by atoms with Gasteiger partial charge in [-0.05, 0) is 98.2 Å². The van der Waals surface area contributed by atoms with Crippen molar-refractivity contribution in [3.8, 4) is 0 Å². The van der Waals surface area contributed by atoms with E-state index in [-0.39, 0.29) is 24.5 Å². The zero-order valence-corrected chi connectivity index (χ0v) is 24.9. The second-order valence-electron chi connectivity index (χ2n) is 11.5. The molecule has 9 heteroatoms. The Kier molecular flexibility index (Phi) is 7.84. The standard InChI is InChI=1S/C34H38N4O5/c1-7-21-16(2)26-14-31-34(20(6)39)19(5)27(38-31)12-24-17(3)22(8-10-32(40)41)29(36-24)15-30-23(9-11-33(42)43)18(4)25(37-30)13-28(21)35-26/h7,12-15,21,34-39H,1,6,8-11H2,2-5H3,(H,40,41)(H,42,43)/b24-12-,28-13?,29-15-,31-14-. The van der Waals surface area contributed by atoms with Gasteiger partial charge < -0.3 is 35.9 Å². The summed E-state index contributed by atoms with van der Waals surface area (Å²) in [6, 6.07) is 0. The van der Waals surface area contributed by atoms with Crippen LogP contribution in [0.2, 0.25) is 0 Å². The van der Waals surface area contributed by atoms with Crippen molar-refractivity contribution in [3.63, 3.8) is 0 Å². The third kappa shape index (κ3) is 5.50. The molecule has 3 aliphatic heterocycles. The summed E-state index contributed by atoms with van der Waals surface area (Å²) in [5, 5.41) is 38.2. The predicted octanol–water partition coefficient (Wildman–Crippen LogP) is 4.09. The maximum atomic E-state index is 11.5. The molecule has 0 saturated heterocycles. The number of carbonyl (C=O) groups is 2. The minimum Gasteiger partial charge on any atom is -0.512 e. The van der Waals surface area contributed by atoms with Crippen LogP contribution in [-0.2, 0) is 22.4 Å². The van der Waals surface area contributed by atoms with Crippen molar-refractivity contribution >= 4 is 30.2 Å². The molecule has 224 valence electrons. The highest BCUT2D eigenvalue weighted by Gasteiger charge is 2.31. The minimum atomic E-state index is -0.888.